The van der Waals surface area contributed by atoms with Gasteiger partial charge in [-0.1, -0.05) is 29.8 Å². The van der Waals surface area contributed by atoms with Crippen molar-refractivity contribution in [2.75, 3.05) is 19.5 Å². The minimum Gasteiger partial charge on any atom is -0.497 e. The molecule has 1 amide bonds. The third kappa shape index (κ3) is 4.54. The van der Waals surface area contributed by atoms with E-state index >= 15 is 0 Å². The van der Waals surface area contributed by atoms with E-state index in [4.69, 9.17) is 21.1 Å². The first-order chi connectivity index (χ1) is 15.9. The zero-order valence-corrected chi connectivity index (χ0v) is 19.1. The number of carbonyl (C=O) groups is 2. The topological polar surface area (TPSA) is 82.5 Å². The number of ketones is 1. The molecule has 0 radical (unpaired) electrons. The molecule has 0 bridgehead atoms. The molecule has 0 saturated carbocycles. The number of aromatic nitrogens is 2. The van der Waals surface area contributed by atoms with Crippen molar-refractivity contribution >= 4 is 40.0 Å². The lowest BCUT2D eigenvalue weighted by atomic mass is 10.1. The quantitative estimate of drug-likeness (QED) is 0.312. The largest absolute Gasteiger partial charge is 0.497 e. The second-order valence-electron chi connectivity index (χ2n) is 7.40. The monoisotopic (exact) mass is 463 g/mol. The maximum absolute atomic E-state index is 13.3. The average Bonchev–Trinajstić information content (AvgIpc) is 3.10. The van der Waals surface area contributed by atoms with E-state index in [1.165, 1.54) is 7.11 Å². The highest BCUT2D eigenvalue weighted by Crippen LogP contribution is 2.31. The lowest BCUT2D eigenvalue weighted by Crippen LogP contribution is -2.24. The van der Waals surface area contributed by atoms with E-state index in [-0.39, 0.29) is 5.82 Å². The Hall–Kier alpha value is -3.84. The number of carbonyl (C=O) groups excluding carboxylic acids is 2. The molecule has 0 aliphatic rings. The summed E-state index contributed by atoms with van der Waals surface area (Å²) in [6, 6.07) is 17.9. The number of benzene rings is 2. The number of amides is 1. The number of nitrogens with zero attached hydrogens (tertiary/aromatic N) is 2. The SMILES string of the molecule is COc1ccc2c(c1)c(C(=O)C(=O)Nc1cccc(OC)n1)c(C)n2Cc1ccc(Cl)cc1. The molecule has 0 fully saturated rings. The minimum absolute atomic E-state index is 0.229. The lowest BCUT2D eigenvalue weighted by Gasteiger charge is -2.09. The fourth-order valence-corrected chi connectivity index (χ4v) is 3.86. The van der Waals surface area contributed by atoms with Crippen LogP contribution in [0, 0.1) is 6.92 Å². The Kier molecular flexibility index (Phi) is 6.33. The summed E-state index contributed by atoms with van der Waals surface area (Å²) in [5.41, 5.74) is 2.82. The normalized spacial score (nSPS) is 10.8. The van der Waals surface area contributed by atoms with Gasteiger partial charge in [-0.15, -0.1) is 0 Å². The second kappa shape index (κ2) is 9.34. The van der Waals surface area contributed by atoms with Crippen LogP contribution in [0.4, 0.5) is 5.82 Å². The van der Waals surface area contributed by atoms with E-state index in [0.29, 0.717) is 39.8 Å². The first-order valence-electron chi connectivity index (χ1n) is 10.2. The van der Waals surface area contributed by atoms with Gasteiger partial charge in [-0.2, -0.15) is 4.98 Å². The Morgan fingerprint density at radius 2 is 1.79 bits per heavy atom. The highest BCUT2D eigenvalue weighted by Gasteiger charge is 2.26. The van der Waals surface area contributed by atoms with Gasteiger partial charge in [0, 0.05) is 34.2 Å². The Morgan fingerprint density at radius 3 is 2.48 bits per heavy atom. The van der Waals surface area contributed by atoms with E-state index < -0.39 is 11.7 Å². The first kappa shape index (κ1) is 22.4. The number of fused-ring (bicyclic) bond motifs is 1. The highest BCUT2D eigenvalue weighted by atomic mass is 35.5. The van der Waals surface area contributed by atoms with Crippen molar-refractivity contribution in [2.24, 2.45) is 0 Å². The number of nitrogens with one attached hydrogen (secondary N) is 1. The molecule has 4 aromatic rings. The van der Waals surface area contributed by atoms with Gasteiger partial charge in [0.1, 0.15) is 11.6 Å². The molecule has 2 aromatic carbocycles. The predicted octanol–water partition coefficient (Wildman–Crippen LogP) is 4.89. The molecule has 168 valence electrons. The second-order valence-corrected chi connectivity index (χ2v) is 7.84. The van der Waals surface area contributed by atoms with Gasteiger partial charge < -0.3 is 19.4 Å². The van der Waals surface area contributed by atoms with Gasteiger partial charge in [-0.05, 0) is 48.9 Å². The molecule has 0 aliphatic carbocycles. The maximum atomic E-state index is 13.3. The zero-order chi connectivity index (χ0) is 23.5. The molecule has 8 heteroatoms. The molecular weight excluding hydrogens is 442 g/mol. The van der Waals surface area contributed by atoms with Crippen molar-refractivity contribution in [3.05, 3.63) is 82.5 Å². The third-order valence-electron chi connectivity index (χ3n) is 5.39. The van der Waals surface area contributed by atoms with Crippen molar-refractivity contribution < 1.29 is 19.1 Å². The molecule has 4 rings (SSSR count). The number of rotatable bonds is 7. The first-order valence-corrected chi connectivity index (χ1v) is 10.6. The number of hydrogen-bond acceptors (Lipinski definition) is 5. The van der Waals surface area contributed by atoms with Gasteiger partial charge in [0.05, 0.1) is 19.8 Å². The van der Waals surface area contributed by atoms with Crippen LogP contribution < -0.4 is 14.8 Å². The van der Waals surface area contributed by atoms with Crippen LogP contribution in [0.25, 0.3) is 10.9 Å². The summed E-state index contributed by atoms with van der Waals surface area (Å²) in [6.07, 6.45) is 0. The van der Waals surface area contributed by atoms with Crippen LogP contribution >= 0.6 is 11.6 Å². The van der Waals surface area contributed by atoms with Gasteiger partial charge in [-0.3, -0.25) is 9.59 Å². The van der Waals surface area contributed by atoms with E-state index in [0.717, 1.165) is 11.1 Å². The fraction of sp³-hybridized carbons (Fsp3) is 0.160. The number of methoxy groups -OCH3 is 2. The van der Waals surface area contributed by atoms with E-state index in [9.17, 15) is 9.59 Å². The summed E-state index contributed by atoms with van der Waals surface area (Å²) in [4.78, 5) is 30.3. The summed E-state index contributed by atoms with van der Waals surface area (Å²) in [7, 11) is 3.03. The molecule has 2 aromatic heterocycles. The van der Waals surface area contributed by atoms with Crippen LogP contribution in [-0.4, -0.2) is 35.5 Å². The molecule has 0 spiro atoms. The molecule has 2 heterocycles. The number of pyridine rings is 1. The minimum atomic E-state index is -0.785. The summed E-state index contributed by atoms with van der Waals surface area (Å²) < 4.78 is 12.4. The Balaban J connectivity index is 1.75. The standard InChI is InChI=1S/C25H22ClN3O4/c1-15-23(24(30)25(31)28-21-5-4-6-22(27-21)33-3)19-13-18(32-2)11-12-20(19)29(15)14-16-7-9-17(26)10-8-16/h4-13H,14H2,1-3H3,(H,27,28,31). The summed E-state index contributed by atoms with van der Waals surface area (Å²) in [5, 5.41) is 3.85. The van der Waals surface area contributed by atoms with E-state index in [2.05, 4.69) is 10.3 Å². The van der Waals surface area contributed by atoms with Crippen LogP contribution in [0.5, 0.6) is 11.6 Å². The molecule has 0 atom stereocenters. The highest BCUT2D eigenvalue weighted by molar-refractivity contribution is 6.48. The predicted molar refractivity (Wildman–Crippen MR) is 128 cm³/mol. The molecule has 0 unspecified atom stereocenters. The molecule has 0 aliphatic heterocycles. The lowest BCUT2D eigenvalue weighted by molar-refractivity contribution is -0.112. The van der Waals surface area contributed by atoms with Crippen LogP contribution in [0.15, 0.2) is 60.7 Å². The number of ether oxygens (including phenoxy) is 2. The maximum Gasteiger partial charge on any atom is 0.298 e. The van der Waals surface area contributed by atoms with Gasteiger partial charge in [-0.25, -0.2) is 0 Å². The number of hydrogen-bond donors (Lipinski definition) is 1. The van der Waals surface area contributed by atoms with Crippen molar-refractivity contribution in [3.8, 4) is 11.6 Å². The number of Topliss-reactive ketones (excluding diaryl/α,β-unsaturated/α-hetero) is 1. The number of anilines is 1. The zero-order valence-electron chi connectivity index (χ0n) is 18.4. The van der Waals surface area contributed by atoms with Crippen molar-refractivity contribution in [3.63, 3.8) is 0 Å². The average molecular weight is 464 g/mol. The number of halogens is 1. The molecule has 7 nitrogen and oxygen atoms in total. The Labute approximate surface area is 195 Å². The fourth-order valence-electron chi connectivity index (χ4n) is 3.74. The molecule has 0 saturated heterocycles. The van der Waals surface area contributed by atoms with Gasteiger partial charge in [0.25, 0.3) is 11.7 Å². The molecule has 1 N–H and O–H groups in total. The van der Waals surface area contributed by atoms with Gasteiger partial charge in [0.2, 0.25) is 5.88 Å². The molecular formula is C25H22ClN3O4. The Bertz CT molecular complexity index is 1350. The van der Waals surface area contributed by atoms with E-state index in [1.807, 2.05) is 47.9 Å². The summed E-state index contributed by atoms with van der Waals surface area (Å²) in [5.74, 6) is -0.291. The van der Waals surface area contributed by atoms with Crippen LogP contribution in [0.1, 0.15) is 21.6 Å². The summed E-state index contributed by atoms with van der Waals surface area (Å²) >= 11 is 6.02. The van der Waals surface area contributed by atoms with Crippen LogP contribution in [-0.2, 0) is 11.3 Å². The third-order valence-corrected chi connectivity index (χ3v) is 5.64. The molecule has 33 heavy (non-hydrogen) atoms. The van der Waals surface area contributed by atoms with Gasteiger partial charge >= 0.3 is 0 Å². The Morgan fingerprint density at radius 1 is 1.03 bits per heavy atom. The van der Waals surface area contributed by atoms with Crippen molar-refractivity contribution in [2.45, 2.75) is 13.5 Å². The van der Waals surface area contributed by atoms with Crippen molar-refractivity contribution in [1.82, 2.24) is 9.55 Å². The van der Waals surface area contributed by atoms with Crippen molar-refractivity contribution in [1.29, 1.82) is 0 Å². The summed E-state index contributed by atoms with van der Waals surface area (Å²) in [6.45, 7) is 2.34. The van der Waals surface area contributed by atoms with Crippen LogP contribution in [0.2, 0.25) is 5.02 Å². The van der Waals surface area contributed by atoms with E-state index in [1.54, 1.807) is 31.4 Å². The van der Waals surface area contributed by atoms with Gasteiger partial charge in [0.15, 0.2) is 0 Å². The smallest absolute Gasteiger partial charge is 0.298 e. The van der Waals surface area contributed by atoms with Crippen LogP contribution in [0.3, 0.4) is 0 Å².